The molecule has 1 heterocycles. The van der Waals surface area contributed by atoms with Crippen LogP contribution in [0.1, 0.15) is 21.6 Å². The minimum absolute atomic E-state index is 0.0965. The summed E-state index contributed by atoms with van der Waals surface area (Å²) in [6, 6.07) is 12.1. The van der Waals surface area contributed by atoms with Gasteiger partial charge in [0.05, 0.1) is 11.1 Å². The van der Waals surface area contributed by atoms with Crippen LogP contribution in [0.2, 0.25) is 0 Å². The van der Waals surface area contributed by atoms with Crippen molar-refractivity contribution in [3.63, 3.8) is 0 Å². The molecule has 2 aromatic carbocycles. The smallest absolute Gasteiger partial charge is 0.416 e. The lowest BCUT2D eigenvalue weighted by Gasteiger charge is -2.11. The Hall–Kier alpha value is -3.56. The Balaban J connectivity index is 1.76. The molecule has 3 aromatic rings. The van der Waals surface area contributed by atoms with Crippen LogP contribution in [0.25, 0.3) is 0 Å². The summed E-state index contributed by atoms with van der Waals surface area (Å²) < 4.78 is 82.0. The van der Waals surface area contributed by atoms with Crippen LogP contribution in [-0.2, 0) is 12.4 Å². The summed E-state index contributed by atoms with van der Waals surface area (Å²) in [5.41, 5.74) is -2.15. The molecule has 156 valence electrons. The standard InChI is InChI=1S/C20H12F6N2O2/c21-19(22,23)12-4-1-6-14(10-12)27-18(29)16-8-3-9-17(28-16)30-15-7-2-5-13(11-15)20(24,25)26/h1-11H,(H,27,29). The monoisotopic (exact) mass is 426 g/mol. The van der Waals surface area contributed by atoms with Crippen molar-refractivity contribution in [3.05, 3.63) is 83.6 Å². The van der Waals surface area contributed by atoms with E-state index in [4.69, 9.17) is 4.74 Å². The normalized spacial score (nSPS) is 11.8. The van der Waals surface area contributed by atoms with Gasteiger partial charge in [-0.25, -0.2) is 4.98 Å². The van der Waals surface area contributed by atoms with Crippen molar-refractivity contribution >= 4 is 11.6 Å². The van der Waals surface area contributed by atoms with Crippen LogP contribution in [0.3, 0.4) is 0 Å². The van der Waals surface area contributed by atoms with Crippen LogP contribution in [0.4, 0.5) is 32.0 Å². The van der Waals surface area contributed by atoms with Crippen LogP contribution < -0.4 is 10.1 Å². The lowest BCUT2D eigenvalue weighted by Crippen LogP contribution is -2.14. The fourth-order valence-corrected chi connectivity index (χ4v) is 2.42. The van der Waals surface area contributed by atoms with Gasteiger partial charge < -0.3 is 10.1 Å². The second kappa shape index (κ2) is 8.05. The molecule has 0 aliphatic carbocycles. The van der Waals surface area contributed by atoms with Crippen LogP contribution >= 0.6 is 0 Å². The van der Waals surface area contributed by atoms with Gasteiger partial charge >= 0.3 is 12.4 Å². The molecule has 0 spiro atoms. The van der Waals surface area contributed by atoms with E-state index in [1.807, 2.05) is 0 Å². The van der Waals surface area contributed by atoms with Crippen molar-refractivity contribution in [1.82, 2.24) is 4.98 Å². The van der Waals surface area contributed by atoms with Gasteiger partial charge in [0, 0.05) is 11.8 Å². The van der Waals surface area contributed by atoms with E-state index in [0.717, 1.165) is 36.4 Å². The molecule has 1 amide bonds. The van der Waals surface area contributed by atoms with E-state index in [1.54, 1.807) is 0 Å². The van der Waals surface area contributed by atoms with E-state index < -0.39 is 29.4 Å². The zero-order valence-electron chi connectivity index (χ0n) is 14.9. The first-order valence-electron chi connectivity index (χ1n) is 8.33. The van der Waals surface area contributed by atoms with E-state index >= 15 is 0 Å². The topological polar surface area (TPSA) is 51.2 Å². The summed E-state index contributed by atoms with van der Waals surface area (Å²) in [6.45, 7) is 0. The van der Waals surface area contributed by atoms with Crippen molar-refractivity contribution < 1.29 is 35.9 Å². The summed E-state index contributed by atoms with van der Waals surface area (Å²) in [4.78, 5) is 16.2. The van der Waals surface area contributed by atoms with Gasteiger partial charge in [-0.05, 0) is 42.5 Å². The first kappa shape index (κ1) is 21.2. The summed E-state index contributed by atoms with van der Waals surface area (Å²) >= 11 is 0. The molecule has 0 bridgehead atoms. The molecule has 30 heavy (non-hydrogen) atoms. The molecule has 0 saturated carbocycles. The minimum atomic E-state index is -4.57. The fourth-order valence-electron chi connectivity index (χ4n) is 2.42. The van der Waals surface area contributed by atoms with Crippen LogP contribution in [-0.4, -0.2) is 10.9 Å². The number of amides is 1. The zero-order chi connectivity index (χ0) is 21.9. The third-order valence-corrected chi connectivity index (χ3v) is 3.79. The number of aromatic nitrogens is 1. The Morgan fingerprint density at radius 3 is 2.07 bits per heavy atom. The molecular formula is C20H12F6N2O2. The zero-order valence-corrected chi connectivity index (χ0v) is 14.9. The molecule has 0 fully saturated rings. The summed E-state index contributed by atoms with van der Waals surface area (Å²) in [5.74, 6) is -1.12. The first-order valence-corrected chi connectivity index (χ1v) is 8.33. The molecule has 0 unspecified atom stereocenters. The highest BCUT2D eigenvalue weighted by Gasteiger charge is 2.31. The first-order chi connectivity index (χ1) is 14.0. The van der Waals surface area contributed by atoms with Crippen LogP contribution in [0.15, 0.2) is 66.7 Å². The number of rotatable bonds is 4. The van der Waals surface area contributed by atoms with Gasteiger partial charge in [0.1, 0.15) is 11.4 Å². The summed E-state index contributed by atoms with van der Waals surface area (Å²) in [5, 5.41) is 2.29. The maximum Gasteiger partial charge on any atom is 0.416 e. The maximum atomic E-state index is 12.8. The number of hydrogen-bond donors (Lipinski definition) is 1. The SMILES string of the molecule is O=C(Nc1cccc(C(F)(F)F)c1)c1cccc(Oc2cccc(C(F)(F)F)c2)n1. The summed E-state index contributed by atoms with van der Waals surface area (Å²) in [7, 11) is 0. The Morgan fingerprint density at radius 2 is 1.40 bits per heavy atom. The molecule has 0 aliphatic heterocycles. The Labute approximate surface area is 166 Å². The van der Waals surface area contributed by atoms with Crippen LogP contribution in [0.5, 0.6) is 11.6 Å². The predicted molar refractivity (Wildman–Crippen MR) is 95.2 cm³/mol. The molecule has 1 N–H and O–H groups in total. The number of ether oxygens (including phenoxy) is 1. The van der Waals surface area contributed by atoms with E-state index in [-0.39, 0.29) is 23.0 Å². The van der Waals surface area contributed by atoms with Gasteiger partial charge in [-0.1, -0.05) is 18.2 Å². The largest absolute Gasteiger partial charge is 0.439 e. The third-order valence-electron chi connectivity index (χ3n) is 3.79. The highest BCUT2D eigenvalue weighted by atomic mass is 19.4. The summed E-state index contributed by atoms with van der Waals surface area (Å²) in [6.07, 6.45) is -9.13. The molecule has 0 atom stereocenters. The Kier molecular flexibility index (Phi) is 5.68. The van der Waals surface area contributed by atoms with Crippen LogP contribution in [0, 0.1) is 0 Å². The second-order valence-corrected chi connectivity index (χ2v) is 6.02. The highest BCUT2D eigenvalue weighted by molar-refractivity contribution is 6.02. The highest BCUT2D eigenvalue weighted by Crippen LogP contribution is 2.33. The molecule has 0 radical (unpaired) electrons. The van der Waals surface area contributed by atoms with Crippen molar-refractivity contribution in [3.8, 4) is 11.6 Å². The number of carbonyl (C=O) groups excluding carboxylic acids is 1. The van der Waals surface area contributed by atoms with Crippen molar-refractivity contribution in [2.24, 2.45) is 0 Å². The van der Waals surface area contributed by atoms with Gasteiger partial charge in [-0.15, -0.1) is 0 Å². The van der Waals surface area contributed by atoms with Crippen molar-refractivity contribution in [2.45, 2.75) is 12.4 Å². The molecule has 3 rings (SSSR count). The number of nitrogens with one attached hydrogen (secondary N) is 1. The third kappa shape index (κ3) is 5.28. The van der Waals surface area contributed by atoms with Gasteiger partial charge in [-0.2, -0.15) is 26.3 Å². The van der Waals surface area contributed by atoms with Gasteiger partial charge in [0.25, 0.3) is 5.91 Å². The van der Waals surface area contributed by atoms with E-state index in [0.29, 0.717) is 0 Å². The minimum Gasteiger partial charge on any atom is -0.439 e. The number of pyridine rings is 1. The lowest BCUT2D eigenvalue weighted by atomic mass is 10.2. The number of alkyl halides is 6. The predicted octanol–water partition coefficient (Wildman–Crippen LogP) is 6.16. The van der Waals surface area contributed by atoms with Gasteiger partial charge in [0.2, 0.25) is 5.88 Å². The number of nitrogens with zero attached hydrogens (tertiary/aromatic N) is 1. The molecule has 10 heteroatoms. The number of anilines is 1. The Bertz CT molecular complexity index is 1060. The van der Waals surface area contributed by atoms with E-state index in [1.165, 1.54) is 30.3 Å². The fraction of sp³-hybridized carbons (Fsp3) is 0.100. The number of halogens is 6. The second-order valence-electron chi connectivity index (χ2n) is 6.02. The van der Waals surface area contributed by atoms with Crippen molar-refractivity contribution in [2.75, 3.05) is 5.32 Å². The number of carbonyl (C=O) groups is 1. The van der Waals surface area contributed by atoms with Gasteiger partial charge in [-0.3, -0.25) is 4.79 Å². The van der Waals surface area contributed by atoms with E-state index in [2.05, 4.69) is 10.3 Å². The molecule has 4 nitrogen and oxygen atoms in total. The maximum absolute atomic E-state index is 12.8. The Morgan fingerprint density at radius 1 is 0.800 bits per heavy atom. The average Bonchev–Trinajstić information content (AvgIpc) is 2.67. The number of hydrogen-bond acceptors (Lipinski definition) is 3. The van der Waals surface area contributed by atoms with Gasteiger partial charge in [0.15, 0.2) is 0 Å². The lowest BCUT2D eigenvalue weighted by molar-refractivity contribution is -0.138. The van der Waals surface area contributed by atoms with Crippen molar-refractivity contribution in [1.29, 1.82) is 0 Å². The quantitative estimate of drug-likeness (QED) is 0.508. The molecular weight excluding hydrogens is 414 g/mol. The molecule has 1 aromatic heterocycles. The molecule has 0 saturated heterocycles. The number of benzene rings is 2. The molecule has 0 aliphatic rings. The average molecular weight is 426 g/mol. The van der Waals surface area contributed by atoms with E-state index in [9.17, 15) is 31.1 Å².